The average molecular weight is 334 g/mol. The van der Waals surface area contributed by atoms with Crippen LogP contribution in [0.25, 0.3) is 11.3 Å². The maximum absolute atomic E-state index is 13.0. The molecule has 1 atom stereocenters. The summed E-state index contributed by atoms with van der Waals surface area (Å²) in [5.41, 5.74) is 4.23. The van der Waals surface area contributed by atoms with Crippen LogP contribution in [0.15, 0.2) is 66.9 Å². The standard InChI is InChI=1S/C21H19FN2O/c1-14-3-5-16(6-4-14)15(2)24-21(25)18-9-12-20(23-13-18)17-7-10-19(22)11-8-17/h3-13,15H,1-2H3,(H,24,25)/t15-/m1/s1. The van der Waals surface area contributed by atoms with Gasteiger partial charge in [0.1, 0.15) is 5.82 Å². The Balaban J connectivity index is 1.70. The normalized spacial score (nSPS) is 11.8. The molecule has 4 heteroatoms. The van der Waals surface area contributed by atoms with Gasteiger partial charge in [-0.2, -0.15) is 0 Å². The molecule has 1 heterocycles. The molecule has 126 valence electrons. The van der Waals surface area contributed by atoms with Gasteiger partial charge in [0, 0.05) is 11.8 Å². The van der Waals surface area contributed by atoms with Gasteiger partial charge in [0.15, 0.2) is 0 Å². The van der Waals surface area contributed by atoms with Crippen LogP contribution in [0.5, 0.6) is 0 Å². The van der Waals surface area contributed by atoms with Gasteiger partial charge in [-0.15, -0.1) is 0 Å². The minimum absolute atomic E-state index is 0.0927. The van der Waals surface area contributed by atoms with Crippen LogP contribution in [-0.2, 0) is 0 Å². The Morgan fingerprint density at radius 2 is 1.68 bits per heavy atom. The first-order chi connectivity index (χ1) is 12.0. The SMILES string of the molecule is Cc1ccc([C@@H](C)NC(=O)c2ccc(-c3ccc(F)cc3)nc2)cc1. The highest BCUT2D eigenvalue weighted by atomic mass is 19.1. The number of hydrogen-bond acceptors (Lipinski definition) is 2. The second-order valence-corrected chi connectivity index (χ2v) is 6.04. The lowest BCUT2D eigenvalue weighted by Crippen LogP contribution is -2.26. The third-order valence-electron chi connectivity index (χ3n) is 4.09. The fourth-order valence-electron chi connectivity index (χ4n) is 2.54. The molecule has 3 rings (SSSR count). The Kier molecular flexibility index (Phi) is 4.89. The fraction of sp³-hybridized carbons (Fsp3) is 0.143. The van der Waals surface area contributed by atoms with E-state index >= 15 is 0 Å². The minimum atomic E-state index is -0.287. The highest BCUT2D eigenvalue weighted by Gasteiger charge is 2.12. The van der Waals surface area contributed by atoms with Gasteiger partial charge in [-0.05, 0) is 55.8 Å². The molecule has 1 amide bonds. The van der Waals surface area contributed by atoms with Crippen molar-refractivity contribution in [2.24, 2.45) is 0 Å². The maximum atomic E-state index is 13.0. The molecule has 1 aromatic heterocycles. The first-order valence-electron chi connectivity index (χ1n) is 8.12. The van der Waals surface area contributed by atoms with Gasteiger partial charge in [-0.3, -0.25) is 9.78 Å². The Bertz CT molecular complexity index is 856. The summed E-state index contributed by atoms with van der Waals surface area (Å²) in [7, 11) is 0. The summed E-state index contributed by atoms with van der Waals surface area (Å²) < 4.78 is 13.0. The quantitative estimate of drug-likeness (QED) is 0.752. The van der Waals surface area contributed by atoms with Crippen molar-refractivity contribution in [1.29, 1.82) is 0 Å². The lowest BCUT2D eigenvalue weighted by atomic mass is 10.1. The second kappa shape index (κ2) is 7.26. The highest BCUT2D eigenvalue weighted by molar-refractivity contribution is 5.94. The predicted octanol–water partition coefficient (Wildman–Crippen LogP) is 4.69. The third-order valence-corrected chi connectivity index (χ3v) is 4.09. The number of nitrogens with zero attached hydrogens (tertiary/aromatic N) is 1. The fourth-order valence-corrected chi connectivity index (χ4v) is 2.54. The number of nitrogens with one attached hydrogen (secondary N) is 1. The predicted molar refractivity (Wildman–Crippen MR) is 96.7 cm³/mol. The largest absolute Gasteiger partial charge is 0.345 e. The number of amides is 1. The minimum Gasteiger partial charge on any atom is -0.345 e. The van der Waals surface area contributed by atoms with Crippen LogP contribution in [0, 0.1) is 12.7 Å². The summed E-state index contributed by atoms with van der Waals surface area (Å²) in [5.74, 6) is -0.462. The molecule has 0 bridgehead atoms. The summed E-state index contributed by atoms with van der Waals surface area (Å²) in [5, 5.41) is 2.97. The molecule has 2 aromatic carbocycles. The van der Waals surface area contributed by atoms with E-state index in [1.54, 1.807) is 24.3 Å². The van der Waals surface area contributed by atoms with E-state index in [0.29, 0.717) is 11.3 Å². The van der Waals surface area contributed by atoms with Crippen LogP contribution in [0.2, 0.25) is 0 Å². The van der Waals surface area contributed by atoms with Crippen molar-refractivity contribution >= 4 is 5.91 Å². The molecular formula is C21H19FN2O. The molecule has 0 unspecified atom stereocenters. The van der Waals surface area contributed by atoms with Crippen molar-refractivity contribution in [3.8, 4) is 11.3 Å². The number of hydrogen-bond donors (Lipinski definition) is 1. The molecule has 25 heavy (non-hydrogen) atoms. The topological polar surface area (TPSA) is 42.0 Å². The molecule has 0 aliphatic heterocycles. The van der Waals surface area contributed by atoms with Crippen molar-refractivity contribution < 1.29 is 9.18 Å². The van der Waals surface area contributed by atoms with E-state index in [1.807, 2.05) is 38.1 Å². The van der Waals surface area contributed by atoms with Crippen LogP contribution in [0.1, 0.15) is 34.5 Å². The number of carbonyl (C=O) groups excluding carboxylic acids is 1. The lowest BCUT2D eigenvalue weighted by molar-refractivity contribution is 0.0939. The molecule has 1 N–H and O–H groups in total. The number of pyridine rings is 1. The van der Waals surface area contributed by atoms with Crippen molar-refractivity contribution in [2.45, 2.75) is 19.9 Å². The zero-order valence-electron chi connectivity index (χ0n) is 14.2. The van der Waals surface area contributed by atoms with E-state index in [2.05, 4.69) is 10.3 Å². The smallest absolute Gasteiger partial charge is 0.253 e. The van der Waals surface area contributed by atoms with E-state index in [4.69, 9.17) is 0 Å². The first-order valence-corrected chi connectivity index (χ1v) is 8.12. The van der Waals surface area contributed by atoms with Crippen LogP contribution < -0.4 is 5.32 Å². The Hall–Kier alpha value is -3.01. The molecule has 0 radical (unpaired) electrons. The molecule has 3 aromatic rings. The number of aromatic nitrogens is 1. The van der Waals surface area contributed by atoms with E-state index < -0.39 is 0 Å². The van der Waals surface area contributed by atoms with Gasteiger partial charge in [-0.25, -0.2) is 4.39 Å². The molecule has 0 fully saturated rings. The number of rotatable bonds is 4. The van der Waals surface area contributed by atoms with E-state index in [9.17, 15) is 9.18 Å². The molecular weight excluding hydrogens is 315 g/mol. The monoisotopic (exact) mass is 334 g/mol. The molecule has 0 aliphatic rings. The van der Waals surface area contributed by atoms with E-state index in [1.165, 1.54) is 23.9 Å². The highest BCUT2D eigenvalue weighted by Crippen LogP contribution is 2.18. The maximum Gasteiger partial charge on any atom is 0.253 e. The van der Waals surface area contributed by atoms with E-state index in [0.717, 1.165) is 11.1 Å². The average Bonchev–Trinajstić information content (AvgIpc) is 2.63. The number of benzene rings is 2. The molecule has 3 nitrogen and oxygen atoms in total. The summed E-state index contributed by atoms with van der Waals surface area (Å²) >= 11 is 0. The van der Waals surface area contributed by atoms with Crippen LogP contribution >= 0.6 is 0 Å². The summed E-state index contributed by atoms with van der Waals surface area (Å²) in [6.45, 7) is 3.98. The van der Waals surface area contributed by atoms with Gasteiger partial charge >= 0.3 is 0 Å². The Labute approximate surface area is 146 Å². The second-order valence-electron chi connectivity index (χ2n) is 6.04. The van der Waals surface area contributed by atoms with Gasteiger partial charge < -0.3 is 5.32 Å². The van der Waals surface area contributed by atoms with Gasteiger partial charge in [0.25, 0.3) is 5.91 Å². The van der Waals surface area contributed by atoms with Crippen molar-refractivity contribution in [2.75, 3.05) is 0 Å². The van der Waals surface area contributed by atoms with Gasteiger partial charge in [0.05, 0.1) is 17.3 Å². The molecule has 0 saturated heterocycles. The van der Waals surface area contributed by atoms with Crippen LogP contribution in [0.4, 0.5) is 4.39 Å². The van der Waals surface area contributed by atoms with Crippen LogP contribution in [-0.4, -0.2) is 10.9 Å². The summed E-state index contributed by atoms with van der Waals surface area (Å²) in [6, 6.07) is 17.6. The summed E-state index contributed by atoms with van der Waals surface area (Å²) in [4.78, 5) is 16.7. The molecule has 0 saturated carbocycles. The van der Waals surface area contributed by atoms with Crippen molar-refractivity contribution in [3.63, 3.8) is 0 Å². The van der Waals surface area contributed by atoms with Gasteiger partial charge in [-0.1, -0.05) is 29.8 Å². The van der Waals surface area contributed by atoms with E-state index in [-0.39, 0.29) is 17.8 Å². The zero-order chi connectivity index (χ0) is 17.8. The zero-order valence-corrected chi connectivity index (χ0v) is 14.2. The van der Waals surface area contributed by atoms with Crippen molar-refractivity contribution in [3.05, 3.63) is 89.4 Å². The lowest BCUT2D eigenvalue weighted by Gasteiger charge is -2.14. The third kappa shape index (κ3) is 4.10. The Morgan fingerprint density at radius 1 is 1.00 bits per heavy atom. The molecule has 0 aliphatic carbocycles. The van der Waals surface area contributed by atoms with Crippen LogP contribution in [0.3, 0.4) is 0 Å². The van der Waals surface area contributed by atoms with Gasteiger partial charge in [0.2, 0.25) is 0 Å². The number of aryl methyl sites for hydroxylation is 1. The molecule has 0 spiro atoms. The summed E-state index contributed by atoms with van der Waals surface area (Å²) in [6.07, 6.45) is 1.54. The number of carbonyl (C=O) groups is 1. The number of halogens is 1. The first kappa shape index (κ1) is 16.8. The van der Waals surface area contributed by atoms with Crippen molar-refractivity contribution in [1.82, 2.24) is 10.3 Å². The Morgan fingerprint density at radius 3 is 2.28 bits per heavy atom.